The van der Waals surface area contributed by atoms with Crippen molar-refractivity contribution in [3.63, 3.8) is 0 Å². The second-order valence-corrected chi connectivity index (χ2v) is 4.31. The molecule has 1 N–H and O–H groups in total. The lowest BCUT2D eigenvalue weighted by molar-refractivity contribution is -0.146. The van der Waals surface area contributed by atoms with Gasteiger partial charge in [-0.15, -0.1) is 0 Å². The van der Waals surface area contributed by atoms with Crippen LogP contribution >= 0.6 is 0 Å². The minimum Gasteiger partial charge on any atom is -0.469 e. The van der Waals surface area contributed by atoms with Crippen LogP contribution in [0.3, 0.4) is 0 Å². The molecule has 1 saturated heterocycles. The van der Waals surface area contributed by atoms with E-state index >= 15 is 0 Å². The topological polar surface area (TPSA) is 75.7 Å². The van der Waals surface area contributed by atoms with E-state index in [9.17, 15) is 14.4 Å². The molecular formula is C11H18N2O4. The second-order valence-electron chi connectivity index (χ2n) is 4.31. The zero-order chi connectivity index (χ0) is 13.2. The molecule has 0 aromatic carbocycles. The average molecular weight is 242 g/mol. The summed E-state index contributed by atoms with van der Waals surface area (Å²) in [4.78, 5) is 35.4. The van der Waals surface area contributed by atoms with E-state index in [2.05, 4.69) is 10.1 Å². The molecule has 17 heavy (non-hydrogen) atoms. The van der Waals surface area contributed by atoms with Gasteiger partial charge in [0.1, 0.15) is 0 Å². The summed E-state index contributed by atoms with van der Waals surface area (Å²) in [6.07, 6.45) is 0.146. The van der Waals surface area contributed by atoms with Crippen molar-refractivity contribution in [2.45, 2.75) is 32.4 Å². The lowest BCUT2D eigenvalue weighted by atomic mass is 10.0. The fourth-order valence-corrected chi connectivity index (χ4v) is 1.74. The van der Waals surface area contributed by atoms with Gasteiger partial charge in [0.05, 0.1) is 25.5 Å². The van der Waals surface area contributed by atoms with Crippen molar-refractivity contribution in [3.8, 4) is 0 Å². The third-order valence-corrected chi connectivity index (χ3v) is 3.17. The Kier molecular flexibility index (Phi) is 4.22. The molecule has 6 nitrogen and oxygen atoms in total. The first kappa shape index (κ1) is 13.6. The van der Waals surface area contributed by atoms with Gasteiger partial charge in [-0.25, -0.2) is 0 Å². The summed E-state index contributed by atoms with van der Waals surface area (Å²) in [5, 5.41) is 2.99. The summed E-state index contributed by atoms with van der Waals surface area (Å²) in [5.74, 6) is -1.16. The highest BCUT2D eigenvalue weighted by Crippen LogP contribution is 2.13. The second kappa shape index (κ2) is 5.27. The van der Waals surface area contributed by atoms with Gasteiger partial charge < -0.3 is 10.1 Å². The zero-order valence-corrected chi connectivity index (χ0v) is 10.5. The molecule has 3 atom stereocenters. The quantitative estimate of drug-likeness (QED) is 0.533. The van der Waals surface area contributed by atoms with Crippen LogP contribution in [0.5, 0.6) is 0 Å². The molecule has 6 heteroatoms. The fourth-order valence-electron chi connectivity index (χ4n) is 1.74. The number of methoxy groups -OCH3 is 1. The minimum absolute atomic E-state index is 0.146. The van der Waals surface area contributed by atoms with Crippen LogP contribution in [0.25, 0.3) is 0 Å². The number of esters is 1. The Labute approximate surface area is 100 Å². The van der Waals surface area contributed by atoms with E-state index in [4.69, 9.17) is 0 Å². The molecular weight excluding hydrogens is 224 g/mol. The maximum Gasteiger partial charge on any atom is 0.309 e. The molecule has 0 radical (unpaired) electrons. The number of hydrogen-bond donors (Lipinski definition) is 1. The molecule has 1 aliphatic heterocycles. The number of ether oxygens (including phenoxy) is 1. The van der Waals surface area contributed by atoms with E-state index in [0.717, 1.165) is 4.90 Å². The number of likely N-dealkylation sites (tertiary alicyclic amines) is 1. The zero-order valence-electron chi connectivity index (χ0n) is 10.5. The van der Waals surface area contributed by atoms with Crippen molar-refractivity contribution in [2.75, 3.05) is 14.2 Å². The monoisotopic (exact) mass is 242 g/mol. The van der Waals surface area contributed by atoms with E-state index in [1.165, 1.54) is 14.2 Å². The summed E-state index contributed by atoms with van der Waals surface area (Å²) in [6, 6.07) is -0.759. The molecule has 3 unspecified atom stereocenters. The minimum atomic E-state index is -0.533. The standard InChI is InChI=1S/C11H18N2O4/c1-6(11(16)17-4)7(2)12-8-5-9(14)13(3)10(8)15/h6-8,12H,5H2,1-4H3. The van der Waals surface area contributed by atoms with Crippen molar-refractivity contribution in [1.82, 2.24) is 10.2 Å². The molecule has 1 fully saturated rings. The molecule has 1 aliphatic rings. The van der Waals surface area contributed by atoms with E-state index in [-0.39, 0.29) is 36.2 Å². The highest BCUT2D eigenvalue weighted by atomic mass is 16.5. The van der Waals surface area contributed by atoms with Crippen molar-refractivity contribution in [2.24, 2.45) is 5.92 Å². The van der Waals surface area contributed by atoms with Gasteiger partial charge >= 0.3 is 5.97 Å². The first-order valence-corrected chi connectivity index (χ1v) is 5.52. The number of nitrogens with zero attached hydrogens (tertiary/aromatic N) is 1. The number of imide groups is 1. The Morgan fingerprint density at radius 2 is 2.06 bits per heavy atom. The molecule has 96 valence electrons. The number of rotatable bonds is 4. The van der Waals surface area contributed by atoms with Gasteiger partial charge in [0.2, 0.25) is 11.8 Å². The first-order valence-electron chi connectivity index (χ1n) is 5.52. The number of carbonyl (C=O) groups is 3. The predicted molar refractivity (Wildman–Crippen MR) is 60.0 cm³/mol. The van der Waals surface area contributed by atoms with E-state index in [1.807, 2.05) is 0 Å². The summed E-state index contributed by atoms with van der Waals surface area (Å²) in [7, 11) is 2.78. The fraction of sp³-hybridized carbons (Fsp3) is 0.727. The van der Waals surface area contributed by atoms with Crippen LogP contribution in [0.2, 0.25) is 0 Å². The van der Waals surface area contributed by atoms with Crippen LogP contribution in [0.1, 0.15) is 20.3 Å². The van der Waals surface area contributed by atoms with Gasteiger partial charge in [0.25, 0.3) is 0 Å². The van der Waals surface area contributed by atoms with Gasteiger partial charge in [-0.05, 0) is 6.92 Å². The highest BCUT2D eigenvalue weighted by molar-refractivity contribution is 6.05. The Balaban J connectivity index is 2.58. The number of hydrogen-bond acceptors (Lipinski definition) is 5. The van der Waals surface area contributed by atoms with Gasteiger partial charge in [-0.3, -0.25) is 19.3 Å². The van der Waals surface area contributed by atoms with Crippen LogP contribution in [0, 0.1) is 5.92 Å². The molecule has 1 heterocycles. The van der Waals surface area contributed by atoms with Crippen molar-refractivity contribution >= 4 is 17.8 Å². The lowest BCUT2D eigenvalue weighted by Gasteiger charge is -2.22. The molecule has 2 amide bonds. The van der Waals surface area contributed by atoms with Crippen molar-refractivity contribution < 1.29 is 19.1 Å². The van der Waals surface area contributed by atoms with E-state index < -0.39 is 6.04 Å². The number of amides is 2. The molecule has 0 spiro atoms. The first-order chi connectivity index (χ1) is 7.88. The maximum atomic E-state index is 11.6. The van der Waals surface area contributed by atoms with Gasteiger partial charge in [0, 0.05) is 13.1 Å². The largest absolute Gasteiger partial charge is 0.469 e. The van der Waals surface area contributed by atoms with Crippen molar-refractivity contribution in [1.29, 1.82) is 0 Å². The van der Waals surface area contributed by atoms with Crippen LogP contribution in [-0.2, 0) is 19.1 Å². The third kappa shape index (κ3) is 2.82. The third-order valence-electron chi connectivity index (χ3n) is 3.17. The summed E-state index contributed by atoms with van der Waals surface area (Å²) in [6.45, 7) is 3.51. The molecule has 0 aromatic heterocycles. The number of carbonyl (C=O) groups excluding carboxylic acids is 3. The van der Waals surface area contributed by atoms with Crippen LogP contribution in [0.4, 0.5) is 0 Å². The smallest absolute Gasteiger partial charge is 0.309 e. The van der Waals surface area contributed by atoms with Crippen LogP contribution in [-0.4, -0.2) is 48.9 Å². The predicted octanol–water partition coefficient (Wildman–Crippen LogP) is -0.469. The summed E-state index contributed by atoms with van der Waals surface area (Å²) < 4.78 is 4.63. The van der Waals surface area contributed by atoms with Crippen LogP contribution < -0.4 is 5.32 Å². The lowest BCUT2D eigenvalue weighted by Crippen LogP contribution is -2.46. The normalized spacial score (nSPS) is 23.8. The molecule has 0 aromatic rings. The van der Waals surface area contributed by atoms with Crippen LogP contribution in [0.15, 0.2) is 0 Å². The highest BCUT2D eigenvalue weighted by Gasteiger charge is 2.37. The van der Waals surface area contributed by atoms with Gasteiger partial charge in [-0.1, -0.05) is 6.92 Å². The molecule has 0 saturated carbocycles. The summed E-state index contributed by atoms with van der Waals surface area (Å²) >= 11 is 0. The van der Waals surface area contributed by atoms with E-state index in [1.54, 1.807) is 13.8 Å². The Morgan fingerprint density at radius 3 is 2.47 bits per heavy atom. The summed E-state index contributed by atoms with van der Waals surface area (Å²) in [5.41, 5.74) is 0. The number of nitrogens with one attached hydrogen (secondary N) is 1. The molecule has 0 aliphatic carbocycles. The Hall–Kier alpha value is -1.43. The van der Waals surface area contributed by atoms with Gasteiger partial charge in [-0.2, -0.15) is 0 Å². The van der Waals surface area contributed by atoms with Gasteiger partial charge in [0.15, 0.2) is 0 Å². The molecule has 1 rings (SSSR count). The number of likely N-dealkylation sites (N-methyl/N-ethyl adjacent to an activating group) is 1. The maximum absolute atomic E-state index is 11.6. The van der Waals surface area contributed by atoms with Crippen molar-refractivity contribution in [3.05, 3.63) is 0 Å². The molecule has 0 bridgehead atoms. The SMILES string of the molecule is COC(=O)C(C)C(C)NC1CC(=O)N(C)C1=O. The Bertz CT molecular complexity index is 342. The Morgan fingerprint density at radius 1 is 1.47 bits per heavy atom. The van der Waals surface area contributed by atoms with E-state index in [0.29, 0.717) is 0 Å². The average Bonchev–Trinajstić information content (AvgIpc) is 2.55.